The number of amides is 1. The maximum atomic E-state index is 12.5. The Hall–Kier alpha value is -1.43. The minimum atomic E-state index is -0.821. The van der Waals surface area contributed by atoms with Crippen LogP contribution < -0.4 is 0 Å². The van der Waals surface area contributed by atoms with Gasteiger partial charge in [-0.2, -0.15) is 0 Å². The molecule has 1 aromatic heterocycles. The summed E-state index contributed by atoms with van der Waals surface area (Å²) in [6, 6.07) is -0.253. The van der Waals surface area contributed by atoms with E-state index in [-0.39, 0.29) is 11.9 Å². The van der Waals surface area contributed by atoms with Crippen LogP contribution in [0, 0.1) is 12.8 Å². The lowest BCUT2D eigenvalue weighted by atomic mass is 10.0. The molecule has 19 heavy (non-hydrogen) atoms. The van der Waals surface area contributed by atoms with E-state index in [2.05, 4.69) is 4.98 Å². The maximum absolute atomic E-state index is 12.5. The number of aryl methyl sites for hydroxylation is 2. The molecule has 2 unspecified atom stereocenters. The molecule has 0 bridgehead atoms. The fraction of sp³-hybridized carbons (Fsp3) is 0.615. The van der Waals surface area contributed by atoms with Crippen LogP contribution in [0.25, 0.3) is 0 Å². The Labute approximate surface area is 116 Å². The average molecular weight is 282 g/mol. The third-order valence-corrected chi connectivity index (χ3v) is 4.96. The van der Waals surface area contributed by atoms with Crippen LogP contribution in [0.1, 0.15) is 40.6 Å². The number of carboxylic acids is 1. The molecule has 1 fully saturated rings. The molecule has 0 saturated carbocycles. The minimum Gasteiger partial charge on any atom is -0.481 e. The second-order valence-electron chi connectivity index (χ2n) is 4.85. The van der Waals surface area contributed by atoms with Crippen LogP contribution in [0.2, 0.25) is 0 Å². The lowest BCUT2D eigenvalue weighted by Gasteiger charge is -2.22. The van der Waals surface area contributed by atoms with Crippen LogP contribution in [0.15, 0.2) is 0 Å². The van der Waals surface area contributed by atoms with Crippen LogP contribution in [0.5, 0.6) is 0 Å². The molecule has 1 amide bonds. The van der Waals surface area contributed by atoms with E-state index in [0.29, 0.717) is 17.8 Å². The van der Waals surface area contributed by atoms with Crippen molar-refractivity contribution >= 4 is 23.2 Å². The SMILES string of the molecule is CCc1nc(C)c(C(=O)N2CCC(C(=O)O)C2C)s1. The molecular weight excluding hydrogens is 264 g/mol. The molecule has 0 aliphatic carbocycles. The summed E-state index contributed by atoms with van der Waals surface area (Å²) in [6.07, 6.45) is 1.34. The number of likely N-dealkylation sites (tertiary alicyclic amines) is 1. The van der Waals surface area contributed by atoms with Gasteiger partial charge in [0.25, 0.3) is 5.91 Å². The largest absolute Gasteiger partial charge is 0.481 e. The topological polar surface area (TPSA) is 70.5 Å². The molecule has 5 nitrogen and oxygen atoms in total. The van der Waals surface area contributed by atoms with Crippen LogP contribution in [0.4, 0.5) is 0 Å². The minimum absolute atomic E-state index is 0.0778. The van der Waals surface area contributed by atoms with Crippen molar-refractivity contribution in [1.29, 1.82) is 0 Å². The molecule has 1 aliphatic heterocycles. The molecule has 0 spiro atoms. The summed E-state index contributed by atoms with van der Waals surface area (Å²) in [5, 5.41) is 10.0. The zero-order chi connectivity index (χ0) is 14.2. The fourth-order valence-electron chi connectivity index (χ4n) is 2.49. The van der Waals surface area contributed by atoms with E-state index >= 15 is 0 Å². The van der Waals surface area contributed by atoms with E-state index in [1.807, 2.05) is 13.8 Å². The molecule has 1 saturated heterocycles. The number of hydrogen-bond acceptors (Lipinski definition) is 4. The number of hydrogen-bond donors (Lipinski definition) is 1. The number of aromatic nitrogens is 1. The Bertz CT molecular complexity index is 512. The van der Waals surface area contributed by atoms with E-state index in [1.165, 1.54) is 11.3 Å². The summed E-state index contributed by atoms with van der Waals surface area (Å²) in [7, 11) is 0. The highest BCUT2D eigenvalue weighted by molar-refractivity contribution is 7.13. The van der Waals surface area contributed by atoms with E-state index in [9.17, 15) is 9.59 Å². The van der Waals surface area contributed by atoms with Crippen LogP contribution in [-0.2, 0) is 11.2 Å². The molecule has 1 aliphatic rings. The van der Waals surface area contributed by atoms with E-state index in [0.717, 1.165) is 17.1 Å². The zero-order valence-electron chi connectivity index (χ0n) is 11.3. The molecule has 2 heterocycles. The van der Waals surface area contributed by atoms with Crippen molar-refractivity contribution in [1.82, 2.24) is 9.88 Å². The Balaban J connectivity index is 2.20. The smallest absolute Gasteiger partial charge is 0.308 e. The first-order valence-electron chi connectivity index (χ1n) is 6.45. The number of rotatable bonds is 3. The predicted molar refractivity (Wildman–Crippen MR) is 72.5 cm³/mol. The van der Waals surface area contributed by atoms with Crippen molar-refractivity contribution in [3.05, 3.63) is 15.6 Å². The zero-order valence-corrected chi connectivity index (χ0v) is 12.2. The number of carboxylic acid groups (broad SMARTS) is 1. The highest BCUT2D eigenvalue weighted by atomic mass is 32.1. The van der Waals surface area contributed by atoms with Gasteiger partial charge in [0.15, 0.2) is 0 Å². The van der Waals surface area contributed by atoms with Gasteiger partial charge in [0.2, 0.25) is 0 Å². The normalized spacial score (nSPS) is 22.8. The van der Waals surface area contributed by atoms with Crippen molar-refractivity contribution in [2.45, 2.75) is 39.7 Å². The van der Waals surface area contributed by atoms with Gasteiger partial charge in [-0.1, -0.05) is 6.92 Å². The first kappa shape index (κ1) is 14.0. The van der Waals surface area contributed by atoms with Gasteiger partial charge in [-0.15, -0.1) is 11.3 Å². The van der Waals surface area contributed by atoms with Gasteiger partial charge < -0.3 is 10.0 Å². The van der Waals surface area contributed by atoms with Crippen molar-refractivity contribution in [3.8, 4) is 0 Å². The quantitative estimate of drug-likeness (QED) is 0.920. The van der Waals surface area contributed by atoms with Gasteiger partial charge in [-0.25, -0.2) is 4.98 Å². The van der Waals surface area contributed by atoms with Gasteiger partial charge in [-0.05, 0) is 26.7 Å². The molecule has 0 radical (unpaired) electrons. The number of carbonyl (C=O) groups excluding carboxylic acids is 1. The lowest BCUT2D eigenvalue weighted by molar-refractivity contribution is -0.142. The first-order valence-corrected chi connectivity index (χ1v) is 7.27. The van der Waals surface area contributed by atoms with Crippen molar-refractivity contribution in [2.24, 2.45) is 5.92 Å². The number of thiazole rings is 1. The summed E-state index contributed by atoms with van der Waals surface area (Å²) in [5.41, 5.74) is 0.748. The molecule has 6 heteroatoms. The van der Waals surface area contributed by atoms with Crippen molar-refractivity contribution < 1.29 is 14.7 Å². The molecule has 2 rings (SSSR count). The van der Waals surface area contributed by atoms with Gasteiger partial charge in [0, 0.05) is 12.6 Å². The summed E-state index contributed by atoms with van der Waals surface area (Å²) < 4.78 is 0. The monoisotopic (exact) mass is 282 g/mol. The molecule has 1 N–H and O–H groups in total. The lowest BCUT2D eigenvalue weighted by Crippen LogP contribution is -2.37. The summed E-state index contributed by atoms with van der Waals surface area (Å²) >= 11 is 1.42. The Morgan fingerprint density at radius 2 is 2.21 bits per heavy atom. The predicted octanol–water partition coefficient (Wildman–Crippen LogP) is 1.95. The molecule has 1 aromatic rings. The van der Waals surface area contributed by atoms with Crippen LogP contribution in [-0.4, -0.2) is 39.5 Å². The number of aliphatic carboxylic acids is 1. The molecule has 2 atom stereocenters. The fourth-order valence-corrected chi connectivity index (χ4v) is 3.45. The molecule has 104 valence electrons. The van der Waals surface area contributed by atoms with Crippen molar-refractivity contribution in [2.75, 3.05) is 6.54 Å². The van der Waals surface area contributed by atoms with Gasteiger partial charge in [0.05, 0.1) is 16.6 Å². The van der Waals surface area contributed by atoms with E-state index in [1.54, 1.807) is 11.8 Å². The summed E-state index contributed by atoms with van der Waals surface area (Å²) in [6.45, 7) is 6.15. The molecular formula is C13H18N2O3S. The summed E-state index contributed by atoms with van der Waals surface area (Å²) in [5.74, 6) is -1.35. The third-order valence-electron chi connectivity index (χ3n) is 3.67. The van der Waals surface area contributed by atoms with Crippen molar-refractivity contribution in [3.63, 3.8) is 0 Å². The van der Waals surface area contributed by atoms with Crippen LogP contribution in [0.3, 0.4) is 0 Å². The summed E-state index contributed by atoms with van der Waals surface area (Å²) in [4.78, 5) is 30.2. The third kappa shape index (κ3) is 2.49. The average Bonchev–Trinajstić information content (AvgIpc) is 2.91. The van der Waals surface area contributed by atoms with Gasteiger partial charge in [0.1, 0.15) is 4.88 Å². The second-order valence-corrected chi connectivity index (χ2v) is 5.93. The Morgan fingerprint density at radius 3 is 2.68 bits per heavy atom. The van der Waals surface area contributed by atoms with Gasteiger partial charge >= 0.3 is 5.97 Å². The van der Waals surface area contributed by atoms with Gasteiger partial charge in [-0.3, -0.25) is 9.59 Å². The first-order chi connectivity index (χ1) is 8.95. The number of nitrogens with zero attached hydrogens (tertiary/aromatic N) is 2. The highest BCUT2D eigenvalue weighted by Gasteiger charge is 2.39. The Kier molecular flexibility index (Phi) is 3.89. The second kappa shape index (κ2) is 5.28. The van der Waals surface area contributed by atoms with E-state index < -0.39 is 11.9 Å². The van der Waals surface area contributed by atoms with Crippen LogP contribution >= 0.6 is 11.3 Å². The van der Waals surface area contributed by atoms with E-state index in [4.69, 9.17) is 5.11 Å². The Morgan fingerprint density at radius 1 is 1.53 bits per heavy atom. The highest BCUT2D eigenvalue weighted by Crippen LogP contribution is 2.28. The number of carbonyl (C=O) groups is 2. The maximum Gasteiger partial charge on any atom is 0.308 e. The standard InChI is InChI=1S/C13H18N2O3S/c1-4-10-14-7(2)11(19-10)12(16)15-6-5-9(8(15)3)13(17)18/h8-9H,4-6H2,1-3H3,(H,17,18). The molecule has 0 aromatic carbocycles.